The van der Waals surface area contributed by atoms with Gasteiger partial charge >= 0.3 is 6.18 Å². The molecule has 0 spiro atoms. The number of anilines is 1. The zero-order valence-electron chi connectivity index (χ0n) is 9.73. The van der Waals surface area contributed by atoms with Crippen LogP contribution in [0, 0.1) is 0 Å². The Morgan fingerprint density at radius 1 is 1.26 bits per heavy atom. The van der Waals surface area contributed by atoms with E-state index in [0.717, 1.165) is 12.3 Å². The van der Waals surface area contributed by atoms with Crippen LogP contribution in [-0.4, -0.2) is 20.0 Å². The van der Waals surface area contributed by atoms with Gasteiger partial charge in [0, 0.05) is 18.2 Å². The quantitative estimate of drug-likeness (QED) is 0.695. The number of hydrogen-bond acceptors (Lipinski definition) is 4. The maximum Gasteiger partial charge on any atom is 0.417 e. The van der Waals surface area contributed by atoms with Crippen molar-refractivity contribution in [2.45, 2.75) is 6.18 Å². The van der Waals surface area contributed by atoms with E-state index in [1.54, 1.807) is 0 Å². The number of benzene rings is 1. The predicted molar refractivity (Wildman–Crippen MR) is 61.4 cm³/mol. The molecule has 8 heteroatoms. The minimum Gasteiger partial charge on any atom is -0.504 e. The first kappa shape index (κ1) is 13.1. The molecule has 0 atom stereocenters. The molecule has 0 aliphatic rings. The van der Waals surface area contributed by atoms with E-state index in [0.29, 0.717) is 6.07 Å². The van der Waals surface area contributed by atoms with E-state index in [-0.39, 0.29) is 11.4 Å². The summed E-state index contributed by atoms with van der Waals surface area (Å²) in [6.45, 7) is 0. The number of hydrogen-bond donors (Lipinski definition) is 3. The van der Waals surface area contributed by atoms with E-state index in [2.05, 4.69) is 5.10 Å². The van der Waals surface area contributed by atoms with Gasteiger partial charge in [-0.2, -0.15) is 18.3 Å². The highest BCUT2D eigenvalue weighted by atomic mass is 19.4. The predicted octanol–water partition coefficient (Wildman–Crippen LogP) is 2.10. The summed E-state index contributed by atoms with van der Waals surface area (Å²) >= 11 is 0. The van der Waals surface area contributed by atoms with E-state index >= 15 is 0 Å². The van der Waals surface area contributed by atoms with Gasteiger partial charge in [0.25, 0.3) is 0 Å². The molecule has 0 aliphatic carbocycles. The maximum absolute atomic E-state index is 12.9. The summed E-state index contributed by atoms with van der Waals surface area (Å²) in [5, 5.41) is 22.8. The second-order valence-corrected chi connectivity index (χ2v) is 3.92. The molecule has 0 fully saturated rings. The minimum atomic E-state index is -4.69. The van der Waals surface area contributed by atoms with Crippen molar-refractivity contribution < 1.29 is 23.4 Å². The molecule has 1 aromatic heterocycles. The van der Waals surface area contributed by atoms with Crippen LogP contribution >= 0.6 is 0 Å². The normalized spacial score (nSPS) is 11.8. The van der Waals surface area contributed by atoms with Crippen molar-refractivity contribution in [3.63, 3.8) is 0 Å². The van der Waals surface area contributed by atoms with Gasteiger partial charge in [-0.3, -0.25) is 4.68 Å². The fraction of sp³-hybridized carbons (Fsp3) is 0.182. The lowest BCUT2D eigenvalue weighted by molar-refractivity contribution is -0.137. The van der Waals surface area contributed by atoms with Crippen molar-refractivity contribution >= 4 is 5.82 Å². The van der Waals surface area contributed by atoms with Gasteiger partial charge in [0.1, 0.15) is 5.82 Å². The monoisotopic (exact) mass is 273 g/mol. The number of phenols is 2. The number of aromatic hydroxyl groups is 2. The Labute approximate surface area is 105 Å². The van der Waals surface area contributed by atoms with Gasteiger partial charge in [-0.15, -0.1) is 0 Å². The summed E-state index contributed by atoms with van der Waals surface area (Å²) in [4.78, 5) is 0. The fourth-order valence-corrected chi connectivity index (χ4v) is 1.73. The largest absolute Gasteiger partial charge is 0.504 e. The summed E-state index contributed by atoms with van der Waals surface area (Å²) in [6.07, 6.45) is -3.60. The third-order valence-corrected chi connectivity index (χ3v) is 2.72. The average molecular weight is 273 g/mol. The summed E-state index contributed by atoms with van der Waals surface area (Å²) < 4.78 is 39.9. The average Bonchev–Trinajstić information content (AvgIpc) is 2.62. The molecule has 1 heterocycles. The number of phenolic OH excluding ortho intramolecular Hbond substituents is 2. The molecule has 0 bridgehead atoms. The lowest BCUT2D eigenvalue weighted by atomic mass is 9.99. The Morgan fingerprint density at radius 3 is 2.37 bits per heavy atom. The summed E-state index contributed by atoms with van der Waals surface area (Å²) in [6, 6.07) is 1.45. The zero-order valence-corrected chi connectivity index (χ0v) is 9.73. The molecule has 5 nitrogen and oxygen atoms in total. The van der Waals surface area contributed by atoms with E-state index < -0.39 is 28.8 Å². The molecule has 0 saturated heterocycles. The number of aromatic nitrogens is 2. The van der Waals surface area contributed by atoms with Crippen molar-refractivity contribution in [1.82, 2.24) is 9.78 Å². The van der Waals surface area contributed by atoms with Crippen LogP contribution in [0.4, 0.5) is 19.0 Å². The van der Waals surface area contributed by atoms with Crippen LogP contribution in [0.5, 0.6) is 11.5 Å². The molecule has 1 aromatic carbocycles. The van der Waals surface area contributed by atoms with Crippen LogP contribution in [0.2, 0.25) is 0 Å². The fourth-order valence-electron chi connectivity index (χ4n) is 1.73. The first-order valence-electron chi connectivity index (χ1n) is 5.13. The number of aryl methyl sites for hydroxylation is 1. The second kappa shape index (κ2) is 4.08. The molecule has 0 radical (unpaired) electrons. The van der Waals surface area contributed by atoms with Crippen molar-refractivity contribution in [3.05, 3.63) is 23.9 Å². The highest BCUT2D eigenvalue weighted by Crippen LogP contribution is 2.46. The third-order valence-electron chi connectivity index (χ3n) is 2.72. The smallest absolute Gasteiger partial charge is 0.417 e. The molecule has 2 rings (SSSR count). The first-order chi connectivity index (χ1) is 8.73. The van der Waals surface area contributed by atoms with E-state index in [9.17, 15) is 23.4 Å². The zero-order chi connectivity index (χ0) is 14.4. The van der Waals surface area contributed by atoms with Crippen LogP contribution in [-0.2, 0) is 13.2 Å². The molecule has 0 unspecified atom stereocenters. The summed E-state index contributed by atoms with van der Waals surface area (Å²) in [5.74, 6) is -1.59. The van der Waals surface area contributed by atoms with Crippen molar-refractivity contribution in [2.24, 2.45) is 7.05 Å². The van der Waals surface area contributed by atoms with Crippen LogP contribution in [0.15, 0.2) is 18.3 Å². The Hall–Kier alpha value is -2.38. The van der Waals surface area contributed by atoms with Gasteiger partial charge in [-0.25, -0.2) is 0 Å². The van der Waals surface area contributed by atoms with E-state index in [4.69, 9.17) is 5.73 Å². The Kier molecular flexibility index (Phi) is 2.80. The molecule has 4 N–H and O–H groups in total. The highest BCUT2D eigenvalue weighted by molar-refractivity contribution is 5.83. The highest BCUT2D eigenvalue weighted by Gasteiger charge is 2.36. The van der Waals surface area contributed by atoms with E-state index in [1.807, 2.05) is 0 Å². The van der Waals surface area contributed by atoms with Gasteiger partial charge in [0.05, 0.1) is 11.8 Å². The first-order valence-corrected chi connectivity index (χ1v) is 5.13. The van der Waals surface area contributed by atoms with Gasteiger partial charge in [-0.1, -0.05) is 0 Å². The Balaban J connectivity index is 2.81. The van der Waals surface area contributed by atoms with Crippen LogP contribution < -0.4 is 5.73 Å². The number of rotatable bonds is 1. The number of halogens is 3. The molecule has 102 valence electrons. The SMILES string of the molecule is Cn1ncc(-c2c(C(F)(F)F)ccc(O)c2O)c1N. The van der Waals surface area contributed by atoms with Crippen molar-refractivity contribution in [1.29, 1.82) is 0 Å². The third kappa shape index (κ3) is 2.05. The van der Waals surface area contributed by atoms with Gasteiger partial charge in [-0.05, 0) is 12.1 Å². The van der Waals surface area contributed by atoms with E-state index in [1.165, 1.54) is 11.7 Å². The molecule has 0 amide bonds. The van der Waals surface area contributed by atoms with Crippen molar-refractivity contribution in [3.8, 4) is 22.6 Å². The number of nitrogens with zero attached hydrogens (tertiary/aromatic N) is 2. The molecular formula is C11H10F3N3O2. The standard InChI is InChI=1S/C11H10F3N3O2/c1-17-10(15)5(4-16-17)8-6(11(12,13)14)2-3-7(18)9(8)19/h2-4,18-19H,15H2,1H3. The summed E-state index contributed by atoms with van der Waals surface area (Å²) in [5.41, 5.74) is 3.83. The Bertz CT molecular complexity index is 635. The number of nitrogen functional groups attached to an aromatic ring is 1. The number of alkyl halides is 3. The minimum absolute atomic E-state index is 0.0496. The van der Waals surface area contributed by atoms with Crippen LogP contribution in [0.3, 0.4) is 0 Å². The topological polar surface area (TPSA) is 84.3 Å². The lowest BCUT2D eigenvalue weighted by Crippen LogP contribution is -2.08. The maximum atomic E-state index is 12.9. The van der Waals surface area contributed by atoms with Crippen LogP contribution in [0.25, 0.3) is 11.1 Å². The molecule has 0 saturated carbocycles. The summed E-state index contributed by atoms with van der Waals surface area (Å²) in [7, 11) is 1.45. The molecule has 0 aliphatic heterocycles. The molecular weight excluding hydrogens is 263 g/mol. The molecule has 19 heavy (non-hydrogen) atoms. The van der Waals surface area contributed by atoms with Gasteiger partial charge < -0.3 is 15.9 Å². The Morgan fingerprint density at radius 2 is 1.89 bits per heavy atom. The number of nitrogens with two attached hydrogens (primary N) is 1. The van der Waals surface area contributed by atoms with Gasteiger partial charge in [0.2, 0.25) is 0 Å². The van der Waals surface area contributed by atoms with Crippen molar-refractivity contribution in [2.75, 3.05) is 5.73 Å². The second-order valence-electron chi connectivity index (χ2n) is 3.92. The molecule has 2 aromatic rings. The van der Waals surface area contributed by atoms with Gasteiger partial charge in [0.15, 0.2) is 11.5 Å². The lowest BCUT2D eigenvalue weighted by Gasteiger charge is -2.14. The van der Waals surface area contributed by atoms with Crippen LogP contribution in [0.1, 0.15) is 5.56 Å².